The van der Waals surface area contributed by atoms with Gasteiger partial charge in [-0.3, -0.25) is 5.32 Å². The van der Waals surface area contributed by atoms with Gasteiger partial charge in [-0.2, -0.15) is 0 Å². The maximum absolute atomic E-state index is 12.5. The molecule has 1 heterocycles. The van der Waals surface area contributed by atoms with Crippen LogP contribution < -0.4 is 10.6 Å². The third-order valence-corrected chi connectivity index (χ3v) is 5.53. The lowest BCUT2D eigenvalue weighted by molar-refractivity contribution is -0.145. The van der Waals surface area contributed by atoms with Crippen molar-refractivity contribution in [2.45, 2.75) is 36.1 Å². The van der Waals surface area contributed by atoms with E-state index in [1.165, 1.54) is 11.8 Å². The first-order chi connectivity index (χ1) is 12.5. The van der Waals surface area contributed by atoms with Gasteiger partial charge < -0.3 is 10.4 Å². The fourth-order valence-electron chi connectivity index (χ4n) is 3.39. The van der Waals surface area contributed by atoms with Crippen molar-refractivity contribution in [3.05, 3.63) is 53.7 Å². The number of carboxylic acid groups (broad SMARTS) is 1. The average Bonchev–Trinajstić information content (AvgIpc) is 2.64. The quantitative estimate of drug-likeness (QED) is 0.711. The third kappa shape index (κ3) is 3.39. The number of hydrogen-bond acceptors (Lipinski definition) is 4. The molecule has 6 nitrogen and oxygen atoms in total. The predicted molar refractivity (Wildman–Crippen MR) is 102 cm³/mol. The Morgan fingerprint density at radius 2 is 2.08 bits per heavy atom. The van der Waals surface area contributed by atoms with Crippen molar-refractivity contribution >= 4 is 29.6 Å². The van der Waals surface area contributed by atoms with Crippen LogP contribution in [-0.2, 0) is 10.3 Å². The van der Waals surface area contributed by atoms with E-state index >= 15 is 0 Å². The maximum Gasteiger partial charge on any atom is 0.334 e. The van der Waals surface area contributed by atoms with E-state index in [0.29, 0.717) is 24.2 Å². The fourth-order valence-corrected chi connectivity index (χ4v) is 3.82. The van der Waals surface area contributed by atoms with E-state index in [4.69, 9.17) is 0 Å². The van der Waals surface area contributed by atoms with E-state index in [0.717, 1.165) is 10.5 Å². The van der Waals surface area contributed by atoms with Gasteiger partial charge in [0.2, 0.25) is 0 Å². The van der Waals surface area contributed by atoms with E-state index in [1.807, 2.05) is 24.5 Å². The van der Waals surface area contributed by atoms with Gasteiger partial charge in [0.15, 0.2) is 5.54 Å². The fraction of sp³-hybridized carbons (Fsp3) is 0.316. The highest BCUT2D eigenvalue weighted by Crippen LogP contribution is 2.41. The highest BCUT2D eigenvalue weighted by Gasteiger charge is 2.46. The van der Waals surface area contributed by atoms with Crippen LogP contribution in [-0.4, -0.2) is 28.3 Å². The average molecular weight is 371 g/mol. The van der Waals surface area contributed by atoms with Crippen molar-refractivity contribution in [1.82, 2.24) is 10.3 Å². The molecule has 0 aliphatic heterocycles. The van der Waals surface area contributed by atoms with Gasteiger partial charge in [-0.1, -0.05) is 31.2 Å². The summed E-state index contributed by atoms with van der Waals surface area (Å²) in [4.78, 5) is 29.8. The lowest BCUT2D eigenvalue weighted by atomic mass is 9.72. The lowest BCUT2D eigenvalue weighted by Crippen LogP contribution is -2.55. The number of amides is 2. The molecule has 136 valence electrons. The van der Waals surface area contributed by atoms with Crippen LogP contribution in [0.25, 0.3) is 0 Å². The number of aromatic nitrogens is 1. The zero-order valence-electron chi connectivity index (χ0n) is 14.7. The molecule has 1 aromatic carbocycles. The Morgan fingerprint density at radius 3 is 2.81 bits per heavy atom. The number of carboxylic acids is 1. The molecular weight excluding hydrogens is 350 g/mol. The summed E-state index contributed by atoms with van der Waals surface area (Å²) in [7, 11) is 0. The molecule has 0 saturated carbocycles. The first-order valence-electron chi connectivity index (χ1n) is 8.38. The van der Waals surface area contributed by atoms with Crippen LogP contribution in [0.15, 0.2) is 47.5 Å². The molecule has 0 saturated heterocycles. The number of fused-ring (bicyclic) bond motifs is 1. The second-order valence-electron chi connectivity index (χ2n) is 6.40. The summed E-state index contributed by atoms with van der Waals surface area (Å²) >= 11 is 1.53. The topological polar surface area (TPSA) is 91.3 Å². The molecule has 2 unspecified atom stereocenters. The largest absolute Gasteiger partial charge is 0.479 e. The highest BCUT2D eigenvalue weighted by atomic mass is 32.2. The number of rotatable bonds is 4. The Hall–Kier alpha value is -2.54. The second kappa shape index (κ2) is 7.37. The molecule has 2 atom stereocenters. The number of carbonyl (C=O) groups excluding carboxylic acids is 1. The molecule has 3 N–H and O–H groups in total. The van der Waals surface area contributed by atoms with Crippen molar-refractivity contribution < 1.29 is 14.7 Å². The number of aliphatic carboxylic acids is 1. The molecule has 7 heteroatoms. The normalized spacial score (nSPS) is 21.5. The van der Waals surface area contributed by atoms with Crippen LogP contribution in [0, 0.1) is 0 Å². The number of thioether (sulfide) groups is 1. The number of urea groups is 1. The Bertz CT molecular complexity index is 842. The zero-order valence-corrected chi connectivity index (χ0v) is 15.5. The van der Waals surface area contributed by atoms with Gasteiger partial charge in [0.05, 0.1) is 0 Å². The molecule has 26 heavy (non-hydrogen) atoms. The van der Waals surface area contributed by atoms with Gasteiger partial charge >= 0.3 is 12.0 Å². The first kappa shape index (κ1) is 18.3. The Morgan fingerprint density at radius 1 is 1.31 bits per heavy atom. The van der Waals surface area contributed by atoms with Gasteiger partial charge in [-0.05, 0) is 48.3 Å². The van der Waals surface area contributed by atoms with Crippen molar-refractivity contribution in [2.24, 2.45) is 0 Å². The van der Waals surface area contributed by atoms with Crippen LogP contribution in [0.3, 0.4) is 0 Å². The van der Waals surface area contributed by atoms with Gasteiger partial charge in [0, 0.05) is 11.1 Å². The van der Waals surface area contributed by atoms with Gasteiger partial charge in [-0.25, -0.2) is 14.6 Å². The van der Waals surface area contributed by atoms with Crippen LogP contribution in [0.1, 0.15) is 36.8 Å². The second-order valence-corrected chi connectivity index (χ2v) is 7.28. The number of carbonyl (C=O) groups is 2. The SMILES string of the molecule is CSc1ccnc(NC(=O)NC2(C(=O)O)CCC(C)c3ccccc32)c1. The van der Waals surface area contributed by atoms with Gasteiger partial charge in [-0.15, -0.1) is 11.8 Å². The molecular formula is C19H21N3O3S. The van der Waals surface area contributed by atoms with Crippen LogP contribution in [0.2, 0.25) is 0 Å². The molecule has 0 spiro atoms. The minimum atomic E-state index is -1.44. The van der Waals surface area contributed by atoms with Gasteiger partial charge in [0.1, 0.15) is 5.82 Å². The summed E-state index contributed by atoms with van der Waals surface area (Å²) in [5.74, 6) is -0.423. The Labute approximate surface area is 156 Å². The van der Waals surface area contributed by atoms with E-state index in [2.05, 4.69) is 22.5 Å². The summed E-state index contributed by atoms with van der Waals surface area (Å²) in [6.45, 7) is 2.07. The monoisotopic (exact) mass is 371 g/mol. The maximum atomic E-state index is 12.5. The predicted octanol–water partition coefficient (Wildman–Crippen LogP) is 3.80. The smallest absolute Gasteiger partial charge is 0.334 e. The minimum absolute atomic E-state index is 0.253. The number of pyridine rings is 1. The number of benzene rings is 1. The summed E-state index contributed by atoms with van der Waals surface area (Å²) in [5, 5.41) is 15.3. The molecule has 0 radical (unpaired) electrons. The molecule has 1 aromatic heterocycles. The number of anilines is 1. The summed E-state index contributed by atoms with van der Waals surface area (Å²) in [6, 6.07) is 10.4. The molecule has 0 bridgehead atoms. The van der Waals surface area contributed by atoms with Crippen molar-refractivity contribution in [3.8, 4) is 0 Å². The number of hydrogen-bond donors (Lipinski definition) is 3. The summed E-state index contributed by atoms with van der Waals surface area (Å²) in [6.07, 6.45) is 4.56. The van der Waals surface area contributed by atoms with Crippen LogP contribution in [0.5, 0.6) is 0 Å². The molecule has 0 fully saturated rings. The standard InChI is InChI=1S/C19H21N3O3S/c1-12-7-9-19(17(23)24,15-6-4-3-5-14(12)15)22-18(25)21-16-11-13(26-2)8-10-20-16/h3-6,8,10-12H,7,9H2,1-2H3,(H,23,24)(H2,20,21,22,25). The van der Waals surface area contributed by atoms with Gasteiger partial charge in [0.25, 0.3) is 0 Å². The van der Waals surface area contributed by atoms with Crippen LogP contribution in [0.4, 0.5) is 10.6 Å². The summed E-state index contributed by atoms with van der Waals surface area (Å²) in [5.41, 5.74) is 0.167. The van der Waals surface area contributed by atoms with Crippen molar-refractivity contribution in [1.29, 1.82) is 0 Å². The molecule has 3 rings (SSSR count). The number of nitrogens with zero attached hydrogens (tertiary/aromatic N) is 1. The van der Waals surface area contributed by atoms with E-state index in [-0.39, 0.29) is 5.92 Å². The number of nitrogens with one attached hydrogen (secondary N) is 2. The third-order valence-electron chi connectivity index (χ3n) is 4.80. The Balaban J connectivity index is 1.89. The molecule has 2 amide bonds. The van der Waals surface area contributed by atoms with E-state index < -0.39 is 17.5 Å². The first-order valence-corrected chi connectivity index (χ1v) is 9.61. The lowest BCUT2D eigenvalue weighted by Gasteiger charge is -2.38. The van der Waals surface area contributed by atoms with E-state index in [9.17, 15) is 14.7 Å². The molecule has 1 aliphatic carbocycles. The van der Waals surface area contributed by atoms with Crippen LogP contribution >= 0.6 is 11.8 Å². The zero-order chi connectivity index (χ0) is 18.7. The molecule has 1 aliphatic rings. The highest BCUT2D eigenvalue weighted by molar-refractivity contribution is 7.98. The van der Waals surface area contributed by atoms with Crippen molar-refractivity contribution in [3.63, 3.8) is 0 Å². The molecule has 2 aromatic rings. The minimum Gasteiger partial charge on any atom is -0.479 e. The Kier molecular flexibility index (Phi) is 5.18. The van der Waals surface area contributed by atoms with E-state index in [1.54, 1.807) is 24.4 Å². The van der Waals surface area contributed by atoms with Crippen molar-refractivity contribution in [2.75, 3.05) is 11.6 Å². The summed E-state index contributed by atoms with van der Waals surface area (Å²) < 4.78 is 0.